The first-order valence-corrected chi connectivity index (χ1v) is 9.63. The zero-order chi connectivity index (χ0) is 21.5. The molecule has 2 aromatic carbocycles. The van der Waals surface area contributed by atoms with Crippen LogP contribution >= 0.6 is 11.8 Å². The molecule has 0 aliphatic rings. The van der Waals surface area contributed by atoms with E-state index in [9.17, 15) is 19.7 Å². The second kappa shape index (κ2) is 9.52. The fourth-order valence-electron chi connectivity index (χ4n) is 2.51. The summed E-state index contributed by atoms with van der Waals surface area (Å²) in [5, 5.41) is 23.6. The fourth-order valence-corrected chi connectivity index (χ4v) is 3.21. The number of aromatic nitrogens is 1. The number of aromatic carboxylic acids is 1. The molecule has 0 bridgehead atoms. The van der Waals surface area contributed by atoms with Crippen LogP contribution in [0.5, 0.6) is 0 Å². The van der Waals surface area contributed by atoms with Crippen molar-refractivity contribution in [3.63, 3.8) is 0 Å². The SMILES string of the molecule is O=C(CSc1ccc([N+](=O)[O-])cc1)N/N=C\c1cccn1-c1ccc(C(=O)O)cc1. The van der Waals surface area contributed by atoms with Gasteiger partial charge < -0.3 is 9.67 Å². The molecule has 152 valence electrons. The van der Waals surface area contributed by atoms with Gasteiger partial charge in [-0.1, -0.05) is 0 Å². The van der Waals surface area contributed by atoms with Crippen LogP contribution in [0, 0.1) is 10.1 Å². The Balaban J connectivity index is 1.55. The zero-order valence-electron chi connectivity index (χ0n) is 15.5. The highest BCUT2D eigenvalue weighted by Crippen LogP contribution is 2.21. The summed E-state index contributed by atoms with van der Waals surface area (Å²) in [6.45, 7) is 0. The summed E-state index contributed by atoms with van der Waals surface area (Å²) in [5.74, 6) is -1.21. The summed E-state index contributed by atoms with van der Waals surface area (Å²) in [7, 11) is 0. The molecule has 3 aromatic rings. The summed E-state index contributed by atoms with van der Waals surface area (Å²) < 4.78 is 1.80. The number of hydrogen-bond donors (Lipinski definition) is 2. The Bertz CT molecular complexity index is 1090. The van der Waals surface area contributed by atoms with E-state index in [1.54, 1.807) is 47.2 Å². The van der Waals surface area contributed by atoms with Gasteiger partial charge in [-0.3, -0.25) is 14.9 Å². The molecule has 1 aromatic heterocycles. The Hall–Kier alpha value is -3.92. The number of carbonyl (C=O) groups is 2. The molecule has 1 amide bonds. The molecule has 9 nitrogen and oxygen atoms in total. The van der Waals surface area contributed by atoms with Gasteiger partial charge in [0.05, 0.1) is 28.1 Å². The number of carboxylic acid groups (broad SMARTS) is 1. The second-order valence-electron chi connectivity index (χ2n) is 5.99. The summed E-state index contributed by atoms with van der Waals surface area (Å²) in [6.07, 6.45) is 3.28. The van der Waals surface area contributed by atoms with Crippen LogP contribution in [0.15, 0.2) is 76.9 Å². The molecule has 0 spiro atoms. The molecule has 0 aliphatic carbocycles. The average molecular weight is 424 g/mol. The lowest BCUT2D eigenvalue weighted by atomic mass is 10.2. The van der Waals surface area contributed by atoms with E-state index in [-0.39, 0.29) is 22.9 Å². The Morgan fingerprint density at radius 3 is 2.47 bits per heavy atom. The van der Waals surface area contributed by atoms with E-state index >= 15 is 0 Å². The fraction of sp³-hybridized carbons (Fsp3) is 0.0500. The van der Waals surface area contributed by atoms with Crippen LogP contribution in [0.1, 0.15) is 16.1 Å². The molecule has 2 N–H and O–H groups in total. The summed E-state index contributed by atoms with van der Waals surface area (Å²) in [4.78, 5) is 33.8. The van der Waals surface area contributed by atoms with E-state index in [4.69, 9.17) is 5.11 Å². The minimum absolute atomic E-state index is 0.00555. The summed E-state index contributed by atoms with van der Waals surface area (Å²) >= 11 is 1.24. The molecule has 30 heavy (non-hydrogen) atoms. The maximum atomic E-state index is 12.0. The van der Waals surface area contributed by atoms with E-state index in [0.29, 0.717) is 5.69 Å². The van der Waals surface area contributed by atoms with Crippen LogP contribution in [-0.4, -0.2) is 38.4 Å². The molecule has 0 atom stereocenters. The van der Waals surface area contributed by atoms with E-state index in [1.807, 2.05) is 0 Å². The van der Waals surface area contributed by atoms with Crippen molar-refractivity contribution >= 4 is 35.5 Å². The quantitative estimate of drug-likeness (QED) is 0.247. The Morgan fingerprint density at radius 1 is 1.13 bits per heavy atom. The maximum Gasteiger partial charge on any atom is 0.335 e. The van der Waals surface area contributed by atoms with Crippen LogP contribution in [0.2, 0.25) is 0 Å². The standard InChI is InChI=1S/C20H16N4O5S/c25-19(13-30-18-9-7-16(8-10-18)24(28)29)22-21-12-17-2-1-11-23(17)15-5-3-14(4-6-15)20(26)27/h1-12H,13H2,(H,22,25)(H,26,27)/b21-12-. The normalized spacial score (nSPS) is 10.8. The summed E-state index contributed by atoms with van der Waals surface area (Å²) in [6, 6.07) is 15.9. The molecule has 0 aliphatic heterocycles. The Kier molecular flexibility index (Phi) is 6.60. The van der Waals surface area contributed by atoms with Crippen molar-refractivity contribution in [3.8, 4) is 5.69 Å². The number of thioether (sulfide) groups is 1. The molecule has 0 saturated heterocycles. The first kappa shape index (κ1) is 20.8. The van der Waals surface area contributed by atoms with E-state index < -0.39 is 10.9 Å². The van der Waals surface area contributed by atoms with E-state index in [0.717, 1.165) is 10.6 Å². The highest BCUT2D eigenvalue weighted by molar-refractivity contribution is 8.00. The Morgan fingerprint density at radius 2 is 1.83 bits per heavy atom. The number of hydrogen-bond acceptors (Lipinski definition) is 6. The lowest BCUT2D eigenvalue weighted by Gasteiger charge is -2.06. The number of nitrogens with zero attached hydrogens (tertiary/aromatic N) is 3. The monoisotopic (exact) mass is 424 g/mol. The molecule has 0 unspecified atom stereocenters. The van der Waals surface area contributed by atoms with Gasteiger partial charge >= 0.3 is 5.97 Å². The number of nitro groups is 1. The van der Waals surface area contributed by atoms with E-state index in [2.05, 4.69) is 10.5 Å². The van der Waals surface area contributed by atoms with Crippen molar-refractivity contribution in [2.45, 2.75) is 4.90 Å². The third kappa shape index (κ3) is 5.32. The van der Waals surface area contributed by atoms with Crippen molar-refractivity contribution in [1.29, 1.82) is 0 Å². The lowest BCUT2D eigenvalue weighted by Crippen LogP contribution is -2.19. The van der Waals surface area contributed by atoms with Gasteiger partial charge in [-0.15, -0.1) is 11.8 Å². The number of carbonyl (C=O) groups excluding carboxylic acids is 1. The summed E-state index contributed by atoms with van der Waals surface area (Å²) in [5.41, 5.74) is 4.07. The van der Waals surface area contributed by atoms with Gasteiger partial charge in [-0.05, 0) is 48.5 Å². The number of hydrazone groups is 1. The second-order valence-corrected chi connectivity index (χ2v) is 7.04. The third-order valence-electron chi connectivity index (χ3n) is 3.98. The first-order chi connectivity index (χ1) is 14.4. The van der Waals surface area contributed by atoms with Crippen molar-refractivity contribution in [2.75, 3.05) is 5.75 Å². The van der Waals surface area contributed by atoms with Gasteiger partial charge in [-0.25, -0.2) is 10.2 Å². The van der Waals surface area contributed by atoms with Gasteiger partial charge in [0.1, 0.15) is 0 Å². The van der Waals surface area contributed by atoms with Crippen molar-refractivity contribution in [2.24, 2.45) is 5.10 Å². The number of non-ortho nitro benzene ring substituents is 1. The van der Waals surface area contributed by atoms with Crippen molar-refractivity contribution in [1.82, 2.24) is 9.99 Å². The molecule has 1 heterocycles. The van der Waals surface area contributed by atoms with Crippen LogP contribution < -0.4 is 5.43 Å². The molecule has 0 saturated carbocycles. The van der Waals surface area contributed by atoms with Gasteiger partial charge in [0.2, 0.25) is 5.91 Å². The lowest BCUT2D eigenvalue weighted by molar-refractivity contribution is -0.384. The molecular weight excluding hydrogens is 408 g/mol. The smallest absolute Gasteiger partial charge is 0.335 e. The average Bonchev–Trinajstić information content (AvgIpc) is 3.21. The minimum Gasteiger partial charge on any atom is -0.478 e. The van der Waals surface area contributed by atoms with Crippen LogP contribution in [-0.2, 0) is 4.79 Å². The molecular formula is C20H16N4O5S. The number of nitrogens with one attached hydrogen (secondary N) is 1. The molecule has 0 radical (unpaired) electrons. The van der Waals surface area contributed by atoms with Crippen molar-refractivity contribution in [3.05, 3.63) is 88.2 Å². The number of carboxylic acids is 1. The van der Waals surface area contributed by atoms with E-state index in [1.165, 1.54) is 42.2 Å². The minimum atomic E-state index is -0.995. The third-order valence-corrected chi connectivity index (χ3v) is 4.99. The van der Waals surface area contributed by atoms with Gasteiger partial charge in [0.15, 0.2) is 0 Å². The first-order valence-electron chi connectivity index (χ1n) is 8.64. The maximum absolute atomic E-state index is 12.0. The highest BCUT2D eigenvalue weighted by atomic mass is 32.2. The van der Waals surface area contributed by atoms with Crippen LogP contribution in [0.3, 0.4) is 0 Å². The highest BCUT2D eigenvalue weighted by Gasteiger charge is 2.07. The largest absolute Gasteiger partial charge is 0.478 e. The predicted octanol–water partition coefficient (Wildman–Crippen LogP) is 3.33. The van der Waals surface area contributed by atoms with Crippen LogP contribution in [0.4, 0.5) is 5.69 Å². The molecule has 10 heteroatoms. The van der Waals surface area contributed by atoms with Gasteiger partial charge in [0, 0.05) is 28.9 Å². The number of benzene rings is 2. The topological polar surface area (TPSA) is 127 Å². The van der Waals surface area contributed by atoms with Crippen molar-refractivity contribution < 1.29 is 19.6 Å². The zero-order valence-corrected chi connectivity index (χ0v) is 16.3. The Labute approximate surface area is 175 Å². The number of rotatable bonds is 8. The number of nitro benzene ring substituents is 1. The number of amides is 1. The van der Waals surface area contributed by atoms with Gasteiger partial charge in [0.25, 0.3) is 5.69 Å². The van der Waals surface area contributed by atoms with Gasteiger partial charge in [-0.2, -0.15) is 5.10 Å². The molecule has 3 rings (SSSR count). The van der Waals surface area contributed by atoms with Crippen LogP contribution in [0.25, 0.3) is 5.69 Å². The molecule has 0 fully saturated rings. The predicted molar refractivity (Wildman–Crippen MR) is 112 cm³/mol.